The lowest BCUT2D eigenvalue weighted by atomic mass is 10.2. The molecule has 0 aliphatic carbocycles. The third kappa shape index (κ3) is 1.93. The third-order valence-corrected chi connectivity index (χ3v) is 5.32. The van der Waals surface area contributed by atoms with Crippen molar-refractivity contribution in [1.29, 1.82) is 0 Å². The van der Waals surface area contributed by atoms with Crippen molar-refractivity contribution in [1.82, 2.24) is 9.97 Å². The second kappa shape index (κ2) is 4.58. The Balaban J connectivity index is 2.32. The molecule has 19 heavy (non-hydrogen) atoms. The number of fused-ring (bicyclic) bond motifs is 1. The third-order valence-electron chi connectivity index (χ3n) is 3.36. The van der Waals surface area contributed by atoms with Crippen LogP contribution in [-0.2, 0) is 0 Å². The van der Waals surface area contributed by atoms with E-state index in [9.17, 15) is 0 Å². The Bertz CT molecular complexity index is 755. The summed E-state index contributed by atoms with van der Waals surface area (Å²) in [6.45, 7) is 6.37. The van der Waals surface area contributed by atoms with Crippen molar-refractivity contribution in [2.45, 2.75) is 20.8 Å². The zero-order valence-electron chi connectivity index (χ0n) is 11.4. The second-order valence-corrected chi connectivity index (χ2v) is 6.52. The van der Waals surface area contributed by atoms with Crippen LogP contribution >= 0.6 is 22.7 Å². The maximum atomic E-state index is 4.74. The number of aromatic nitrogens is 2. The zero-order valence-corrected chi connectivity index (χ0v) is 13.0. The summed E-state index contributed by atoms with van der Waals surface area (Å²) in [6.07, 6.45) is 0. The van der Waals surface area contributed by atoms with Gasteiger partial charge in [0.1, 0.15) is 10.6 Å². The molecule has 3 aromatic rings. The molecule has 5 heteroatoms. The number of hydrogen-bond donors (Lipinski definition) is 1. The van der Waals surface area contributed by atoms with E-state index >= 15 is 0 Å². The number of hydrogen-bond acceptors (Lipinski definition) is 5. The number of anilines is 1. The molecule has 98 valence electrons. The average molecular weight is 289 g/mol. The van der Waals surface area contributed by atoms with Gasteiger partial charge in [-0.3, -0.25) is 0 Å². The minimum Gasteiger partial charge on any atom is -0.372 e. The molecule has 3 nitrogen and oxygen atoms in total. The Labute approximate surface area is 120 Å². The van der Waals surface area contributed by atoms with Crippen molar-refractivity contribution >= 4 is 38.7 Å². The highest BCUT2D eigenvalue weighted by Crippen LogP contribution is 2.35. The van der Waals surface area contributed by atoms with Gasteiger partial charge in [0.25, 0.3) is 0 Å². The van der Waals surface area contributed by atoms with Crippen molar-refractivity contribution in [3.63, 3.8) is 0 Å². The van der Waals surface area contributed by atoms with Crippen LogP contribution in [0.15, 0.2) is 10.8 Å². The predicted molar refractivity (Wildman–Crippen MR) is 84.5 cm³/mol. The number of nitrogens with one attached hydrogen (secondary N) is 1. The van der Waals surface area contributed by atoms with Gasteiger partial charge in [-0.05, 0) is 37.3 Å². The Morgan fingerprint density at radius 2 is 1.89 bits per heavy atom. The van der Waals surface area contributed by atoms with E-state index in [1.165, 1.54) is 16.0 Å². The van der Waals surface area contributed by atoms with Crippen molar-refractivity contribution in [3.8, 4) is 11.4 Å². The fourth-order valence-corrected chi connectivity index (χ4v) is 4.00. The molecule has 0 saturated carbocycles. The molecular formula is C14H15N3S2. The minimum absolute atomic E-state index is 0.817. The van der Waals surface area contributed by atoms with E-state index in [2.05, 4.69) is 41.8 Å². The summed E-state index contributed by atoms with van der Waals surface area (Å²) in [5.41, 5.74) is 3.64. The molecule has 0 fully saturated rings. The lowest BCUT2D eigenvalue weighted by molar-refractivity contribution is 1.22. The molecule has 0 spiro atoms. The molecule has 3 rings (SSSR count). The van der Waals surface area contributed by atoms with Crippen molar-refractivity contribution in [2.75, 3.05) is 12.4 Å². The number of thiophene rings is 2. The number of nitrogens with zero attached hydrogens (tertiary/aromatic N) is 2. The topological polar surface area (TPSA) is 37.8 Å². The first-order chi connectivity index (χ1) is 9.11. The fraction of sp³-hybridized carbons (Fsp3) is 0.286. The van der Waals surface area contributed by atoms with Crippen LogP contribution in [-0.4, -0.2) is 17.0 Å². The summed E-state index contributed by atoms with van der Waals surface area (Å²) >= 11 is 3.43. The largest absolute Gasteiger partial charge is 0.372 e. The van der Waals surface area contributed by atoms with E-state index in [1.807, 2.05) is 7.05 Å². The molecule has 0 aromatic carbocycles. The first-order valence-electron chi connectivity index (χ1n) is 6.10. The predicted octanol–water partition coefficient (Wildman–Crippen LogP) is 4.39. The molecule has 3 aromatic heterocycles. The zero-order chi connectivity index (χ0) is 13.6. The summed E-state index contributed by atoms with van der Waals surface area (Å²) in [5.74, 6) is 1.74. The summed E-state index contributed by atoms with van der Waals surface area (Å²) in [4.78, 5) is 11.8. The van der Waals surface area contributed by atoms with Gasteiger partial charge in [-0.1, -0.05) is 0 Å². The van der Waals surface area contributed by atoms with Gasteiger partial charge in [0.2, 0.25) is 0 Å². The van der Waals surface area contributed by atoms with Crippen LogP contribution < -0.4 is 5.32 Å². The standard InChI is InChI=1S/C14H15N3S2/c1-7-5-18-6-10(7)12-16-13(15-4)11-8(2)9(3)19-14(11)17-12/h5-6H,1-4H3,(H,15,16,17). The van der Waals surface area contributed by atoms with Crippen molar-refractivity contribution in [2.24, 2.45) is 0 Å². The van der Waals surface area contributed by atoms with Crippen LogP contribution in [0, 0.1) is 20.8 Å². The maximum absolute atomic E-state index is 4.74. The Morgan fingerprint density at radius 1 is 1.11 bits per heavy atom. The molecule has 0 radical (unpaired) electrons. The van der Waals surface area contributed by atoms with Crippen LogP contribution in [0.5, 0.6) is 0 Å². The van der Waals surface area contributed by atoms with Gasteiger partial charge in [0.05, 0.1) is 5.39 Å². The summed E-state index contributed by atoms with van der Waals surface area (Å²) in [6, 6.07) is 0. The maximum Gasteiger partial charge on any atom is 0.164 e. The molecule has 0 saturated heterocycles. The van der Waals surface area contributed by atoms with Crippen LogP contribution in [0.3, 0.4) is 0 Å². The van der Waals surface area contributed by atoms with Crippen molar-refractivity contribution in [3.05, 3.63) is 26.8 Å². The van der Waals surface area contributed by atoms with E-state index in [-0.39, 0.29) is 0 Å². The van der Waals surface area contributed by atoms with Crippen LogP contribution in [0.2, 0.25) is 0 Å². The molecule has 0 aliphatic rings. The summed E-state index contributed by atoms with van der Waals surface area (Å²) in [7, 11) is 1.92. The minimum atomic E-state index is 0.817. The molecule has 0 aliphatic heterocycles. The summed E-state index contributed by atoms with van der Waals surface area (Å²) in [5, 5.41) is 8.61. The van der Waals surface area contributed by atoms with Gasteiger partial charge >= 0.3 is 0 Å². The lowest BCUT2D eigenvalue weighted by Gasteiger charge is -2.06. The van der Waals surface area contributed by atoms with E-state index in [4.69, 9.17) is 4.98 Å². The molecule has 3 heterocycles. The van der Waals surface area contributed by atoms with Gasteiger partial charge in [-0.2, -0.15) is 11.3 Å². The molecule has 0 unspecified atom stereocenters. The molecule has 1 N–H and O–H groups in total. The van der Waals surface area contributed by atoms with Gasteiger partial charge in [-0.25, -0.2) is 9.97 Å². The van der Waals surface area contributed by atoms with Gasteiger partial charge < -0.3 is 5.32 Å². The molecule has 0 bridgehead atoms. The van der Waals surface area contributed by atoms with E-state index in [0.717, 1.165) is 27.4 Å². The van der Waals surface area contributed by atoms with Crippen LogP contribution in [0.1, 0.15) is 16.0 Å². The van der Waals surface area contributed by atoms with Crippen LogP contribution in [0.25, 0.3) is 21.6 Å². The number of rotatable bonds is 2. The van der Waals surface area contributed by atoms with E-state index in [0.29, 0.717) is 0 Å². The average Bonchev–Trinajstić information content (AvgIpc) is 2.93. The number of aryl methyl sites for hydroxylation is 3. The van der Waals surface area contributed by atoms with Crippen LogP contribution in [0.4, 0.5) is 5.82 Å². The van der Waals surface area contributed by atoms with E-state index < -0.39 is 0 Å². The SMILES string of the molecule is CNc1nc(-c2cscc2C)nc2sc(C)c(C)c12. The lowest BCUT2D eigenvalue weighted by Crippen LogP contribution is -1.98. The summed E-state index contributed by atoms with van der Waals surface area (Å²) < 4.78 is 0. The highest BCUT2D eigenvalue weighted by molar-refractivity contribution is 7.18. The van der Waals surface area contributed by atoms with Gasteiger partial charge in [0, 0.05) is 22.9 Å². The van der Waals surface area contributed by atoms with Crippen molar-refractivity contribution < 1.29 is 0 Å². The quantitative estimate of drug-likeness (QED) is 0.760. The second-order valence-electron chi connectivity index (χ2n) is 4.58. The fourth-order valence-electron chi connectivity index (χ4n) is 2.14. The highest BCUT2D eigenvalue weighted by Gasteiger charge is 2.15. The molecule has 0 amide bonds. The first kappa shape index (κ1) is 12.6. The van der Waals surface area contributed by atoms with E-state index in [1.54, 1.807) is 22.7 Å². The Kier molecular flexibility index (Phi) is 3.03. The smallest absolute Gasteiger partial charge is 0.164 e. The molecule has 0 atom stereocenters. The molecular weight excluding hydrogens is 274 g/mol. The normalized spacial score (nSPS) is 11.2. The highest BCUT2D eigenvalue weighted by atomic mass is 32.1. The first-order valence-corrected chi connectivity index (χ1v) is 7.86. The Hall–Kier alpha value is -1.46. The van der Waals surface area contributed by atoms with Gasteiger partial charge in [0.15, 0.2) is 5.82 Å². The Morgan fingerprint density at radius 3 is 2.53 bits per heavy atom. The monoisotopic (exact) mass is 289 g/mol. The van der Waals surface area contributed by atoms with Gasteiger partial charge in [-0.15, -0.1) is 11.3 Å².